The third kappa shape index (κ3) is 4.11. The average molecular weight is 310 g/mol. The number of amides is 1. The van der Waals surface area contributed by atoms with Gasteiger partial charge in [-0.05, 0) is 23.6 Å². The lowest BCUT2D eigenvalue weighted by molar-refractivity contribution is -0.132. The molecule has 1 aliphatic rings. The van der Waals surface area contributed by atoms with Crippen LogP contribution in [-0.4, -0.2) is 36.5 Å². The fourth-order valence-electron chi connectivity index (χ4n) is 2.85. The van der Waals surface area contributed by atoms with Gasteiger partial charge in [-0.3, -0.25) is 4.79 Å². The number of hydrogen-bond donors (Lipinski definition) is 1. The van der Waals surface area contributed by atoms with E-state index in [1.165, 1.54) is 5.56 Å². The molecule has 0 spiro atoms. The van der Waals surface area contributed by atoms with Crippen LogP contribution >= 0.6 is 0 Å². The van der Waals surface area contributed by atoms with Gasteiger partial charge < -0.3 is 15.4 Å². The summed E-state index contributed by atoms with van der Waals surface area (Å²) in [5.41, 5.74) is 8.16. The highest BCUT2D eigenvalue weighted by atomic mass is 16.5. The molecule has 0 aromatic heterocycles. The van der Waals surface area contributed by atoms with Crippen LogP contribution in [0.15, 0.2) is 54.6 Å². The van der Waals surface area contributed by atoms with E-state index in [1.54, 1.807) is 4.90 Å². The van der Waals surface area contributed by atoms with E-state index in [4.69, 9.17) is 10.5 Å². The van der Waals surface area contributed by atoms with Crippen molar-refractivity contribution in [1.29, 1.82) is 0 Å². The van der Waals surface area contributed by atoms with Crippen molar-refractivity contribution in [3.8, 4) is 5.75 Å². The molecule has 2 N–H and O–H groups in total. The van der Waals surface area contributed by atoms with Gasteiger partial charge in [-0.1, -0.05) is 48.5 Å². The summed E-state index contributed by atoms with van der Waals surface area (Å²) in [5, 5.41) is 0. The number of hydrogen-bond acceptors (Lipinski definition) is 3. The van der Waals surface area contributed by atoms with Gasteiger partial charge in [0.1, 0.15) is 5.75 Å². The van der Waals surface area contributed by atoms with Gasteiger partial charge in [-0.25, -0.2) is 0 Å². The van der Waals surface area contributed by atoms with Crippen LogP contribution < -0.4 is 10.5 Å². The van der Waals surface area contributed by atoms with E-state index in [0.29, 0.717) is 6.54 Å². The van der Waals surface area contributed by atoms with Gasteiger partial charge in [0.15, 0.2) is 6.61 Å². The normalized spacial score (nSPS) is 17.3. The summed E-state index contributed by atoms with van der Waals surface area (Å²) in [6.07, 6.45) is 1.66. The largest absolute Gasteiger partial charge is 0.483 e. The maximum absolute atomic E-state index is 12.2. The minimum Gasteiger partial charge on any atom is -0.483 e. The van der Waals surface area contributed by atoms with Crippen LogP contribution in [-0.2, 0) is 11.2 Å². The molecule has 1 unspecified atom stereocenters. The van der Waals surface area contributed by atoms with Crippen LogP contribution in [0.4, 0.5) is 0 Å². The molecule has 4 nitrogen and oxygen atoms in total. The zero-order valence-electron chi connectivity index (χ0n) is 13.2. The minimum atomic E-state index is 0.00691. The van der Waals surface area contributed by atoms with E-state index in [-0.39, 0.29) is 18.6 Å². The van der Waals surface area contributed by atoms with Crippen molar-refractivity contribution in [2.75, 3.05) is 19.7 Å². The Balaban J connectivity index is 1.63. The highest BCUT2D eigenvalue weighted by Gasteiger charge is 2.23. The molecule has 23 heavy (non-hydrogen) atoms. The molecule has 0 bridgehead atoms. The molecule has 3 rings (SSSR count). The number of rotatable bonds is 5. The van der Waals surface area contributed by atoms with Crippen LogP contribution in [0.1, 0.15) is 17.5 Å². The smallest absolute Gasteiger partial charge is 0.260 e. The number of likely N-dealkylation sites (tertiary alicyclic amines) is 1. The molecule has 0 saturated carbocycles. The first-order valence-electron chi connectivity index (χ1n) is 8.00. The molecule has 2 aromatic rings. The Morgan fingerprint density at radius 3 is 2.61 bits per heavy atom. The highest BCUT2D eigenvalue weighted by molar-refractivity contribution is 5.78. The Morgan fingerprint density at radius 2 is 1.87 bits per heavy atom. The van der Waals surface area contributed by atoms with Gasteiger partial charge in [0.2, 0.25) is 0 Å². The van der Waals surface area contributed by atoms with Crippen molar-refractivity contribution in [1.82, 2.24) is 4.90 Å². The molecule has 1 fully saturated rings. The molecule has 1 atom stereocenters. The van der Waals surface area contributed by atoms with E-state index >= 15 is 0 Å². The van der Waals surface area contributed by atoms with Gasteiger partial charge >= 0.3 is 0 Å². The van der Waals surface area contributed by atoms with E-state index in [1.807, 2.05) is 42.5 Å². The summed E-state index contributed by atoms with van der Waals surface area (Å²) in [6, 6.07) is 18.2. The van der Waals surface area contributed by atoms with Crippen LogP contribution in [0.25, 0.3) is 0 Å². The lowest BCUT2D eigenvalue weighted by Gasteiger charge is -2.17. The third-order valence-corrected chi connectivity index (χ3v) is 4.14. The zero-order chi connectivity index (χ0) is 16.1. The lowest BCUT2D eigenvalue weighted by Crippen LogP contribution is -2.35. The Kier molecular flexibility index (Phi) is 4.93. The third-order valence-electron chi connectivity index (χ3n) is 4.14. The van der Waals surface area contributed by atoms with Crippen molar-refractivity contribution >= 4 is 5.91 Å². The van der Waals surface area contributed by atoms with Gasteiger partial charge in [0.05, 0.1) is 0 Å². The van der Waals surface area contributed by atoms with Crippen molar-refractivity contribution in [2.45, 2.75) is 18.9 Å². The summed E-state index contributed by atoms with van der Waals surface area (Å²) in [5.74, 6) is 0.778. The maximum Gasteiger partial charge on any atom is 0.260 e. The molecule has 1 aliphatic heterocycles. The Bertz CT molecular complexity index is 657. The molecule has 0 aliphatic carbocycles. The SMILES string of the molecule is NC1CCN(C(=O)COc2ccccc2Cc2ccccc2)C1. The van der Waals surface area contributed by atoms with Crippen LogP contribution in [0.5, 0.6) is 5.75 Å². The van der Waals surface area contributed by atoms with Gasteiger partial charge in [-0.15, -0.1) is 0 Å². The molecule has 2 aromatic carbocycles. The fraction of sp³-hybridized carbons (Fsp3) is 0.316. The second-order valence-corrected chi connectivity index (χ2v) is 5.95. The monoisotopic (exact) mass is 310 g/mol. The van der Waals surface area contributed by atoms with E-state index < -0.39 is 0 Å². The highest BCUT2D eigenvalue weighted by Crippen LogP contribution is 2.21. The summed E-state index contributed by atoms with van der Waals surface area (Å²) in [4.78, 5) is 14.0. The number of carbonyl (C=O) groups is 1. The minimum absolute atomic E-state index is 0.00691. The zero-order valence-corrected chi connectivity index (χ0v) is 13.2. The van der Waals surface area contributed by atoms with E-state index in [9.17, 15) is 4.79 Å². The molecular weight excluding hydrogens is 288 g/mol. The van der Waals surface area contributed by atoms with E-state index in [2.05, 4.69) is 12.1 Å². The average Bonchev–Trinajstić information content (AvgIpc) is 3.01. The van der Waals surface area contributed by atoms with Crippen molar-refractivity contribution in [3.05, 3.63) is 65.7 Å². The van der Waals surface area contributed by atoms with Gasteiger partial charge in [-0.2, -0.15) is 0 Å². The van der Waals surface area contributed by atoms with Crippen molar-refractivity contribution < 1.29 is 9.53 Å². The second-order valence-electron chi connectivity index (χ2n) is 5.95. The Labute approximate surface area is 136 Å². The summed E-state index contributed by atoms with van der Waals surface area (Å²) >= 11 is 0. The van der Waals surface area contributed by atoms with Crippen LogP contribution in [0, 0.1) is 0 Å². The predicted octanol–water partition coefficient (Wildman–Crippen LogP) is 2.22. The number of carbonyl (C=O) groups excluding carboxylic acids is 1. The topological polar surface area (TPSA) is 55.6 Å². The molecule has 1 heterocycles. The second kappa shape index (κ2) is 7.29. The Morgan fingerprint density at radius 1 is 1.13 bits per heavy atom. The number of nitrogens with zero attached hydrogens (tertiary/aromatic N) is 1. The summed E-state index contributed by atoms with van der Waals surface area (Å²) < 4.78 is 5.79. The standard InChI is InChI=1S/C19H22N2O2/c20-17-10-11-21(13-17)19(22)14-23-18-9-5-4-8-16(18)12-15-6-2-1-3-7-15/h1-9,17H,10-14,20H2. The Hall–Kier alpha value is -2.33. The molecule has 4 heteroatoms. The summed E-state index contributed by atoms with van der Waals surface area (Å²) in [6.45, 7) is 1.43. The quantitative estimate of drug-likeness (QED) is 0.921. The maximum atomic E-state index is 12.2. The lowest BCUT2D eigenvalue weighted by atomic mass is 10.0. The number of nitrogens with two attached hydrogens (primary N) is 1. The number of ether oxygens (including phenoxy) is 1. The molecular formula is C19H22N2O2. The molecule has 1 saturated heterocycles. The molecule has 1 amide bonds. The summed E-state index contributed by atoms with van der Waals surface area (Å²) in [7, 11) is 0. The van der Waals surface area contributed by atoms with Gasteiger partial charge in [0, 0.05) is 25.6 Å². The molecule has 120 valence electrons. The number of benzene rings is 2. The molecule has 0 radical (unpaired) electrons. The fourth-order valence-corrected chi connectivity index (χ4v) is 2.85. The first-order chi connectivity index (χ1) is 11.2. The van der Waals surface area contributed by atoms with Crippen molar-refractivity contribution in [2.24, 2.45) is 5.73 Å². The van der Waals surface area contributed by atoms with E-state index in [0.717, 1.165) is 30.7 Å². The van der Waals surface area contributed by atoms with Crippen LogP contribution in [0.2, 0.25) is 0 Å². The van der Waals surface area contributed by atoms with Crippen molar-refractivity contribution in [3.63, 3.8) is 0 Å². The van der Waals surface area contributed by atoms with Crippen LogP contribution in [0.3, 0.4) is 0 Å². The first kappa shape index (κ1) is 15.6. The number of para-hydroxylation sites is 1. The first-order valence-corrected chi connectivity index (χ1v) is 8.00. The predicted molar refractivity (Wildman–Crippen MR) is 90.4 cm³/mol. The van der Waals surface area contributed by atoms with Gasteiger partial charge in [0.25, 0.3) is 5.91 Å².